The molecule has 0 aliphatic heterocycles. The van der Waals surface area contributed by atoms with Gasteiger partial charge in [-0.15, -0.1) is 0 Å². The Morgan fingerprint density at radius 1 is 1.11 bits per heavy atom. The van der Waals surface area contributed by atoms with Gasteiger partial charge in [0.1, 0.15) is 17.5 Å². The molecule has 1 aromatic heterocycles. The van der Waals surface area contributed by atoms with Crippen LogP contribution in [-0.4, -0.2) is 9.97 Å². The van der Waals surface area contributed by atoms with Crippen molar-refractivity contribution in [2.24, 2.45) is 23.7 Å². The summed E-state index contributed by atoms with van der Waals surface area (Å²) in [6.07, 6.45) is 8.43. The Labute approximate surface area is 118 Å². The third-order valence-electron chi connectivity index (χ3n) is 5.41. The zero-order valence-electron chi connectivity index (χ0n) is 10.7. The summed E-state index contributed by atoms with van der Waals surface area (Å²) in [7, 11) is 0. The Morgan fingerprint density at radius 2 is 1.74 bits per heavy atom. The van der Waals surface area contributed by atoms with Gasteiger partial charge in [-0.2, -0.15) is 5.26 Å². The number of nitrogens with zero attached hydrogens (tertiary/aromatic N) is 3. The molecule has 3 nitrogen and oxygen atoms in total. The Bertz CT molecular complexity index is 535. The molecule has 4 aliphatic rings. The molecule has 0 aromatic carbocycles. The minimum absolute atomic E-state index is 0.321. The van der Waals surface area contributed by atoms with Gasteiger partial charge < -0.3 is 0 Å². The first-order valence-electron chi connectivity index (χ1n) is 7.17. The Morgan fingerprint density at radius 3 is 2.26 bits per heavy atom. The maximum absolute atomic E-state index is 8.91. The van der Waals surface area contributed by atoms with Crippen molar-refractivity contribution in [1.29, 1.82) is 5.26 Å². The standard InChI is InChI=1S/C15H16ClN3/c16-14-12(6-17)7-18-15(19-14)13-10-2-8-1-9(4-10)5-11(13)3-8/h7-11,13H,1-5H2. The van der Waals surface area contributed by atoms with Gasteiger partial charge in [-0.1, -0.05) is 11.6 Å². The molecule has 4 aliphatic carbocycles. The first-order chi connectivity index (χ1) is 9.24. The molecule has 4 heteroatoms. The van der Waals surface area contributed by atoms with Gasteiger partial charge in [0.05, 0.1) is 0 Å². The lowest BCUT2D eigenvalue weighted by Crippen LogP contribution is -2.44. The van der Waals surface area contributed by atoms with Crippen molar-refractivity contribution in [1.82, 2.24) is 9.97 Å². The highest BCUT2D eigenvalue weighted by Crippen LogP contribution is 2.59. The molecule has 0 unspecified atom stereocenters. The molecule has 4 saturated carbocycles. The predicted octanol–water partition coefficient (Wildman–Crippen LogP) is 3.54. The van der Waals surface area contributed by atoms with Gasteiger partial charge in [-0.05, 0) is 55.8 Å². The van der Waals surface area contributed by atoms with E-state index in [0.29, 0.717) is 16.6 Å². The maximum atomic E-state index is 8.91. The van der Waals surface area contributed by atoms with Crippen molar-refractivity contribution in [2.75, 3.05) is 0 Å². The average Bonchev–Trinajstić information content (AvgIpc) is 2.37. The van der Waals surface area contributed by atoms with Crippen molar-refractivity contribution in [3.8, 4) is 6.07 Å². The topological polar surface area (TPSA) is 49.6 Å². The van der Waals surface area contributed by atoms with E-state index in [4.69, 9.17) is 16.9 Å². The van der Waals surface area contributed by atoms with Crippen LogP contribution < -0.4 is 0 Å². The molecular weight excluding hydrogens is 258 g/mol. The molecule has 4 fully saturated rings. The molecule has 0 atom stereocenters. The summed E-state index contributed by atoms with van der Waals surface area (Å²) in [6.45, 7) is 0. The molecule has 0 N–H and O–H groups in total. The van der Waals surface area contributed by atoms with Gasteiger partial charge >= 0.3 is 0 Å². The summed E-state index contributed by atoms with van der Waals surface area (Å²) in [5.74, 6) is 4.77. The van der Waals surface area contributed by atoms with Crippen molar-refractivity contribution < 1.29 is 0 Å². The van der Waals surface area contributed by atoms with E-state index in [2.05, 4.69) is 9.97 Å². The summed E-state index contributed by atoms with van der Waals surface area (Å²) in [5.41, 5.74) is 0.384. The first-order valence-corrected chi connectivity index (χ1v) is 7.55. The van der Waals surface area contributed by atoms with E-state index < -0.39 is 0 Å². The van der Waals surface area contributed by atoms with E-state index in [1.165, 1.54) is 32.1 Å². The van der Waals surface area contributed by atoms with Crippen LogP contribution in [0.25, 0.3) is 0 Å². The average molecular weight is 274 g/mol. The molecule has 1 aromatic rings. The van der Waals surface area contributed by atoms with Gasteiger partial charge in [-0.25, -0.2) is 9.97 Å². The Kier molecular flexibility index (Phi) is 2.57. The molecule has 0 amide bonds. The summed E-state index contributed by atoms with van der Waals surface area (Å²) in [6, 6.07) is 2.03. The second-order valence-corrected chi connectivity index (χ2v) is 6.86. The minimum Gasteiger partial charge on any atom is -0.240 e. The smallest absolute Gasteiger partial charge is 0.150 e. The van der Waals surface area contributed by atoms with Crippen LogP contribution >= 0.6 is 11.6 Å². The minimum atomic E-state index is 0.321. The van der Waals surface area contributed by atoms with E-state index in [9.17, 15) is 0 Å². The SMILES string of the molecule is N#Cc1cnc(C2C3CC4CC(C3)CC2C4)nc1Cl. The molecule has 19 heavy (non-hydrogen) atoms. The number of hydrogen-bond donors (Lipinski definition) is 0. The molecule has 5 rings (SSSR count). The van der Waals surface area contributed by atoms with E-state index in [1.807, 2.05) is 6.07 Å². The molecule has 0 saturated heterocycles. The zero-order valence-corrected chi connectivity index (χ0v) is 11.5. The zero-order chi connectivity index (χ0) is 13.0. The van der Waals surface area contributed by atoms with Crippen LogP contribution in [0.5, 0.6) is 0 Å². The lowest BCUT2D eigenvalue weighted by Gasteiger charge is -2.53. The van der Waals surface area contributed by atoms with E-state index >= 15 is 0 Å². The number of halogens is 1. The molecule has 4 bridgehead atoms. The van der Waals surface area contributed by atoms with Crippen LogP contribution in [-0.2, 0) is 0 Å². The third-order valence-corrected chi connectivity index (χ3v) is 5.69. The predicted molar refractivity (Wildman–Crippen MR) is 71.5 cm³/mol. The fraction of sp³-hybridized carbons (Fsp3) is 0.667. The molecule has 0 spiro atoms. The normalized spacial score (nSPS) is 39.3. The van der Waals surface area contributed by atoms with Crippen molar-refractivity contribution in [2.45, 2.75) is 38.0 Å². The lowest BCUT2D eigenvalue weighted by atomic mass is 9.51. The van der Waals surface area contributed by atoms with Gasteiger partial charge in [0, 0.05) is 12.1 Å². The van der Waals surface area contributed by atoms with Gasteiger partial charge in [0.15, 0.2) is 5.15 Å². The highest BCUT2D eigenvalue weighted by molar-refractivity contribution is 6.30. The Balaban J connectivity index is 1.69. The summed E-state index contributed by atoms with van der Waals surface area (Å²) < 4.78 is 0. The summed E-state index contributed by atoms with van der Waals surface area (Å²) in [4.78, 5) is 8.86. The van der Waals surface area contributed by atoms with Crippen molar-refractivity contribution >= 4 is 11.6 Å². The Hall–Kier alpha value is -1.14. The third kappa shape index (κ3) is 1.77. The summed E-state index contributed by atoms with van der Waals surface area (Å²) in [5, 5.41) is 9.23. The largest absolute Gasteiger partial charge is 0.240 e. The van der Waals surface area contributed by atoms with Crippen LogP contribution in [0.15, 0.2) is 6.20 Å². The lowest BCUT2D eigenvalue weighted by molar-refractivity contribution is -0.00565. The van der Waals surface area contributed by atoms with Crippen LogP contribution in [0.3, 0.4) is 0 Å². The maximum Gasteiger partial charge on any atom is 0.150 e. The number of rotatable bonds is 1. The fourth-order valence-corrected chi connectivity index (χ4v) is 5.13. The highest BCUT2D eigenvalue weighted by atomic mass is 35.5. The van der Waals surface area contributed by atoms with Crippen LogP contribution in [0.2, 0.25) is 5.15 Å². The summed E-state index contributed by atoms with van der Waals surface area (Å²) >= 11 is 6.07. The van der Waals surface area contributed by atoms with Crippen molar-refractivity contribution in [3.05, 3.63) is 22.7 Å². The fourth-order valence-electron chi connectivity index (χ4n) is 4.96. The van der Waals surface area contributed by atoms with Gasteiger partial charge in [0.2, 0.25) is 0 Å². The van der Waals surface area contributed by atoms with Crippen molar-refractivity contribution in [3.63, 3.8) is 0 Å². The molecule has 1 heterocycles. The van der Waals surface area contributed by atoms with Gasteiger partial charge in [0.25, 0.3) is 0 Å². The van der Waals surface area contributed by atoms with E-state index in [1.54, 1.807) is 6.20 Å². The van der Waals surface area contributed by atoms with E-state index in [-0.39, 0.29) is 0 Å². The van der Waals surface area contributed by atoms with Crippen LogP contribution in [0.4, 0.5) is 0 Å². The molecule has 98 valence electrons. The second-order valence-electron chi connectivity index (χ2n) is 6.50. The molecule has 0 radical (unpaired) electrons. The van der Waals surface area contributed by atoms with Crippen LogP contribution in [0, 0.1) is 35.0 Å². The monoisotopic (exact) mass is 273 g/mol. The highest BCUT2D eigenvalue weighted by Gasteiger charge is 2.49. The van der Waals surface area contributed by atoms with Gasteiger partial charge in [-0.3, -0.25) is 0 Å². The number of hydrogen-bond acceptors (Lipinski definition) is 3. The quantitative estimate of drug-likeness (QED) is 0.736. The van der Waals surface area contributed by atoms with E-state index in [0.717, 1.165) is 29.5 Å². The second kappa shape index (κ2) is 4.18. The molecular formula is C15H16ClN3. The number of nitriles is 1. The van der Waals surface area contributed by atoms with Crippen LogP contribution in [0.1, 0.15) is 49.4 Å². The first kappa shape index (κ1) is 11.7. The number of aromatic nitrogens is 2.